The number of rotatable bonds is 3. The van der Waals surface area contributed by atoms with Crippen molar-refractivity contribution >= 4 is 27.3 Å². The highest BCUT2D eigenvalue weighted by atomic mass is 35.5. The van der Waals surface area contributed by atoms with Gasteiger partial charge in [0.25, 0.3) is 10.0 Å². The second-order valence-corrected chi connectivity index (χ2v) is 5.84. The quantitative estimate of drug-likeness (QED) is 0.900. The number of nitriles is 1. The molecule has 0 fully saturated rings. The first-order valence-corrected chi connectivity index (χ1v) is 7.20. The molecule has 0 aliphatic carbocycles. The first-order chi connectivity index (χ1) is 9.44. The predicted molar refractivity (Wildman–Crippen MR) is 74.0 cm³/mol. The molecule has 8 heteroatoms. The van der Waals surface area contributed by atoms with E-state index in [9.17, 15) is 13.2 Å². The summed E-state index contributed by atoms with van der Waals surface area (Å²) >= 11 is 5.81. The van der Waals surface area contributed by atoms with Gasteiger partial charge in [0, 0.05) is 18.5 Å². The third kappa shape index (κ3) is 2.82. The van der Waals surface area contributed by atoms with Crippen LogP contribution in [0, 0.1) is 11.3 Å². The third-order valence-electron chi connectivity index (χ3n) is 2.42. The van der Waals surface area contributed by atoms with Gasteiger partial charge in [-0.3, -0.25) is 9.52 Å². The molecule has 2 aromatic rings. The Hall–Kier alpha value is -2.30. The van der Waals surface area contributed by atoms with E-state index >= 15 is 0 Å². The number of halogens is 1. The Morgan fingerprint density at radius 3 is 2.65 bits per heavy atom. The molecule has 1 heterocycles. The molecule has 0 amide bonds. The Labute approximate surface area is 119 Å². The van der Waals surface area contributed by atoms with Crippen LogP contribution in [-0.2, 0) is 10.0 Å². The van der Waals surface area contributed by atoms with Crippen molar-refractivity contribution in [1.82, 2.24) is 4.98 Å². The molecule has 102 valence electrons. The van der Waals surface area contributed by atoms with Crippen LogP contribution in [-0.4, -0.2) is 13.4 Å². The van der Waals surface area contributed by atoms with Gasteiger partial charge in [0.1, 0.15) is 6.07 Å². The molecule has 0 unspecified atom stereocenters. The van der Waals surface area contributed by atoms with Crippen molar-refractivity contribution in [3.05, 3.63) is 57.5 Å². The number of aromatic nitrogens is 1. The Balaban J connectivity index is 2.40. The minimum atomic E-state index is -4.02. The number of H-pyrrole nitrogens is 1. The van der Waals surface area contributed by atoms with Gasteiger partial charge in [-0.25, -0.2) is 8.42 Å². The van der Waals surface area contributed by atoms with Crippen LogP contribution in [0.25, 0.3) is 0 Å². The first kappa shape index (κ1) is 14.1. The summed E-state index contributed by atoms with van der Waals surface area (Å²) in [6.45, 7) is 0. The number of anilines is 1. The first-order valence-electron chi connectivity index (χ1n) is 5.33. The zero-order valence-corrected chi connectivity index (χ0v) is 11.5. The zero-order chi connectivity index (χ0) is 14.8. The zero-order valence-electron chi connectivity index (χ0n) is 9.92. The fraction of sp³-hybridized carbons (Fsp3) is 0. The predicted octanol–water partition coefficient (Wildman–Crippen LogP) is 1.70. The lowest BCUT2D eigenvalue weighted by Gasteiger charge is -2.08. The van der Waals surface area contributed by atoms with Gasteiger partial charge >= 0.3 is 0 Å². The second-order valence-electron chi connectivity index (χ2n) is 3.78. The number of benzene rings is 1. The van der Waals surface area contributed by atoms with E-state index in [4.69, 9.17) is 16.9 Å². The normalized spacial score (nSPS) is 10.8. The molecule has 1 aromatic carbocycles. The molecule has 0 bridgehead atoms. The van der Waals surface area contributed by atoms with Gasteiger partial charge in [-0.15, -0.1) is 0 Å². The molecule has 0 aliphatic heterocycles. The average molecular weight is 310 g/mol. The van der Waals surface area contributed by atoms with Gasteiger partial charge in [-0.2, -0.15) is 5.26 Å². The molecule has 6 nitrogen and oxygen atoms in total. The van der Waals surface area contributed by atoms with Gasteiger partial charge in [0.2, 0.25) is 5.43 Å². The standard InChI is InChI=1S/C12H8ClN3O3S/c13-10-5-9(2-1-8(10)6-14)16-20(18,19)12-7-15-4-3-11(12)17/h1-5,7,16H,(H,15,17). The van der Waals surface area contributed by atoms with E-state index in [1.54, 1.807) is 0 Å². The maximum absolute atomic E-state index is 12.0. The van der Waals surface area contributed by atoms with Crippen LogP contribution >= 0.6 is 11.6 Å². The number of hydrogen-bond acceptors (Lipinski definition) is 4. The number of aromatic amines is 1. The van der Waals surface area contributed by atoms with Gasteiger partial charge in [0.15, 0.2) is 4.90 Å². The summed E-state index contributed by atoms with van der Waals surface area (Å²) in [5.41, 5.74) is -0.236. The smallest absolute Gasteiger partial charge is 0.267 e. The van der Waals surface area contributed by atoms with Crippen molar-refractivity contribution in [3.63, 3.8) is 0 Å². The van der Waals surface area contributed by atoms with Crippen LogP contribution in [0.15, 0.2) is 46.3 Å². The molecule has 0 saturated heterocycles. The molecule has 2 rings (SSSR count). The summed E-state index contributed by atoms with van der Waals surface area (Å²) in [6.07, 6.45) is 2.43. The van der Waals surface area contributed by atoms with Crippen molar-refractivity contribution in [1.29, 1.82) is 5.26 Å². The monoisotopic (exact) mass is 309 g/mol. The molecular formula is C12H8ClN3O3S. The summed E-state index contributed by atoms with van der Waals surface area (Å²) in [5, 5.41) is 8.86. The van der Waals surface area contributed by atoms with Crippen LogP contribution in [0.4, 0.5) is 5.69 Å². The fourth-order valence-corrected chi connectivity index (χ4v) is 2.82. The third-order valence-corrected chi connectivity index (χ3v) is 4.13. The second kappa shape index (κ2) is 5.36. The van der Waals surface area contributed by atoms with Crippen molar-refractivity contribution < 1.29 is 8.42 Å². The summed E-state index contributed by atoms with van der Waals surface area (Å²) < 4.78 is 26.3. The van der Waals surface area contributed by atoms with Gasteiger partial charge in [-0.05, 0) is 18.2 Å². The SMILES string of the molecule is N#Cc1ccc(NS(=O)(=O)c2c[nH]ccc2=O)cc1Cl. The average Bonchev–Trinajstić information content (AvgIpc) is 2.38. The van der Waals surface area contributed by atoms with Gasteiger partial charge in [0.05, 0.1) is 16.3 Å². The highest BCUT2D eigenvalue weighted by Gasteiger charge is 2.18. The van der Waals surface area contributed by atoms with Crippen LogP contribution in [0.2, 0.25) is 5.02 Å². The summed E-state index contributed by atoms with van der Waals surface area (Å²) in [6, 6.07) is 7.05. The molecule has 0 radical (unpaired) electrons. The van der Waals surface area contributed by atoms with E-state index < -0.39 is 20.3 Å². The lowest BCUT2D eigenvalue weighted by atomic mass is 10.2. The molecule has 0 aliphatic rings. The highest BCUT2D eigenvalue weighted by molar-refractivity contribution is 7.92. The van der Waals surface area contributed by atoms with E-state index in [2.05, 4.69) is 9.71 Å². The highest BCUT2D eigenvalue weighted by Crippen LogP contribution is 2.21. The van der Waals surface area contributed by atoms with Crippen molar-refractivity contribution in [2.24, 2.45) is 0 Å². The lowest BCUT2D eigenvalue weighted by molar-refractivity contribution is 0.600. The summed E-state index contributed by atoms with van der Waals surface area (Å²) in [7, 11) is -4.02. The lowest BCUT2D eigenvalue weighted by Crippen LogP contribution is -2.20. The van der Waals surface area contributed by atoms with Crippen molar-refractivity contribution in [2.75, 3.05) is 4.72 Å². The fourth-order valence-electron chi connectivity index (χ4n) is 1.49. The molecular weight excluding hydrogens is 302 g/mol. The van der Waals surface area contributed by atoms with Crippen LogP contribution in [0.1, 0.15) is 5.56 Å². The van der Waals surface area contributed by atoms with Gasteiger partial charge < -0.3 is 4.98 Å². The largest absolute Gasteiger partial charge is 0.366 e. The van der Waals surface area contributed by atoms with Crippen LogP contribution in [0.3, 0.4) is 0 Å². The topological polar surface area (TPSA) is 103 Å². The van der Waals surface area contributed by atoms with E-state index in [0.29, 0.717) is 0 Å². The van der Waals surface area contributed by atoms with Crippen LogP contribution < -0.4 is 10.2 Å². The van der Waals surface area contributed by atoms with E-state index in [0.717, 1.165) is 12.3 Å². The minimum Gasteiger partial charge on any atom is -0.366 e. The Kier molecular flexibility index (Phi) is 3.79. The Bertz CT molecular complexity index is 853. The van der Waals surface area contributed by atoms with Crippen LogP contribution in [0.5, 0.6) is 0 Å². The van der Waals surface area contributed by atoms with Gasteiger partial charge in [-0.1, -0.05) is 11.6 Å². The minimum absolute atomic E-state index is 0.120. The number of hydrogen-bond donors (Lipinski definition) is 2. The molecule has 0 saturated carbocycles. The van der Waals surface area contributed by atoms with E-state index in [-0.39, 0.29) is 16.3 Å². The van der Waals surface area contributed by atoms with Crippen molar-refractivity contribution in [2.45, 2.75) is 4.90 Å². The van der Waals surface area contributed by atoms with Crippen molar-refractivity contribution in [3.8, 4) is 6.07 Å². The summed E-state index contributed by atoms with van der Waals surface area (Å²) in [5.74, 6) is 0. The van der Waals surface area contributed by atoms with E-state index in [1.807, 2.05) is 6.07 Å². The summed E-state index contributed by atoms with van der Waals surface area (Å²) in [4.78, 5) is 13.6. The molecule has 0 atom stereocenters. The number of sulfonamides is 1. The Morgan fingerprint density at radius 1 is 1.30 bits per heavy atom. The number of nitrogens with zero attached hydrogens (tertiary/aromatic N) is 1. The molecule has 0 spiro atoms. The maximum Gasteiger partial charge on any atom is 0.267 e. The number of nitrogens with one attached hydrogen (secondary N) is 2. The molecule has 1 aromatic heterocycles. The maximum atomic E-state index is 12.0. The van der Waals surface area contributed by atoms with E-state index in [1.165, 1.54) is 24.4 Å². The molecule has 20 heavy (non-hydrogen) atoms. The Morgan fingerprint density at radius 2 is 2.05 bits per heavy atom. The molecule has 2 N–H and O–H groups in total. The number of pyridine rings is 1.